The molecule has 110 valence electrons. The third-order valence-corrected chi connectivity index (χ3v) is 6.91. The molecule has 2 aromatic rings. The van der Waals surface area contributed by atoms with Crippen LogP contribution in [0.3, 0.4) is 0 Å². The molecule has 0 aromatic heterocycles. The van der Waals surface area contributed by atoms with Gasteiger partial charge in [0.15, 0.2) is 0 Å². The summed E-state index contributed by atoms with van der Waals surface area (Å²) in [6.07, 6.45) is 4.11. The summed E-state index contributed by atoms with van der Waals surface area (Å²) in [4.78, 5) is 0. The van der Waals surface area contributed by atoms with Gasteiger partial charge in [-0.2, -0.15) is 0 Å². The fourth-order valence-electron chi connectivity index (χ4n) is 4.96. The molecular formula is C20H25N. The molecule has 0 saturated heterocycles. The lowest BCUT2D eigenvalue weighted by Crippen LogP contribution is -2.40. The summed E-state index contributed by atoms with van der Waals surface area (Å²) in [7, 11) is 0. The van der Waals surface area contributed by atoms with E-state index in [9.17, 15) is 0 Å². The lowest BCUT2D eigenvalue weighted by atomic mass is 9.69. The summed E-state index contributed by atoms with van der Waals surface area (Å²) >= 11 is 0. The number of anilines is 1. The van der Waals surface area contributed by atoms with Crippen LogP contribution in [0.5, 0.6) is 0 Å². The average Bonchev–Trinajstić information content (AvgIpc) is 2.81. The van der Waals surface area contributed by atoms with Gasteiger partial charge in [0.25, 0.3) is 0 Å². The van der Waals surface area contributed by atoms with E-state index in [1.165, 1.54) is 35.7 Å². The fraction of sp³-hybridized carbons (Fsp3) is 0.500. The Labute approximate surface area is 127 Å². The monoisotopic (exact) mass is 279 g/mol. The molecule has 1 heteroatoms. The zero-order chi connectivity index (χ0) is 14.7. The molecule has 0 heterocycles. The van der Waals surface area contributed by atoms with Crippen LogP contribution in [0.1, 0.15) is 40.0 Å². The van der Waals surface area contributed by atoms with Crippen molar-refractivity contribution in [2.45, 2.75) is 46.1 Å². The zero-order valence-corrected chi connectivity index (χ0v) is 13.3. The number of hydrogen-bond donors (Lipinski definition) is 1. The van der Waals surface area contributed by atoms with Gasteiger partial charge in [-0.05, 0) is 47.5 Å². The van der Waals surface area contributed by atoms with Crippen LogP contribution in [0.2, 0.25) is 0 Å². The van der Waals surface area contributed by atoms with E-state index in [1.807, 2.05) is 0 Å². The van der Waals surface area contributed by atoms with Crippen molar-refractivity contribution in [2.75, 3.05) is 5.32 Å². The largest absolute Gasteiger partial charge is 0.381 e. The van der Waals surface area contributed by atoms with Crippen LogP contribution in [0.4, 0.5) is 5.69 Å². The Morgan fingerprint density at radius 2 is 1.76 bits per heavy atom. The fourth-order valence-corrected chi connectivity index (χ4v) is 4.96. The quantitative estimate of drug-likeness (QED) is 0.769. The molecule has 1 N–H and O–H groups in total. The summed E-state index contributed by atoms with van der Waals surface area (Å²) in [6, 6.07) is 15.9. The third-order valence-electron chi connectivity index (χ3n) is 6.91. The second-order valence-corrected chi connectivity index (χ2v) is 7.83. The SMILES string of the molecule is CC1(C)C2CCC1(C)C(Nc1cccc3ccccc13)C2. The van der Waals surface area contributed by atoms with Crippen molar-refractivity contribution in [1.82, 2.24) is 0 Å². The third kappa shape index (κ3) is 1.70. The van der Waals surface area contributed by atoms with Crippen LogP contribution in [0, 0.1) is 16.7 Å². The maximum absolute atomic E-state index is 3.91. The Hall–Kier alpha value is -1.50. The van der Waals surface area contributed by atoms with Gasteiger partial charge in [0, 0.05) is 17.1 Å². The van der Waals surface area contributed by atoms with Crippen LogP contribution in [-0.2, 0) is 0 Å². The van der Waals surface area contributed by atoms with E-state index >= 15 is 0 Å². The maximum atomic E-state index is 3.91. The van der Waals surface area contributed by atoms with Gasteiger partial charge >= 0.3 is 0 Å². The summed E-state index contributed by atoms with van der Waals surface area (Å²) < 4.78 is 0. The average molecular weight is 279 g/mol. The van der Waals surface area contributed by atoms with Crippen LogP contribution < -0.4 is 5.32 Å². The molecule has 0 amide bonds. The molecule has 0 radical (unpaired) electrons. The van der Waals surface area contributed by atoms with Crippen molar-refractivity contribution < 1.29 is 0 Å². The molecule has 1 nitrogen and oxygen atoms in total. The molecule has 2 aliphatic rings. The first-order valence-electron chi connectivity index (χ1n) is 8.27. The maximum Gasteiger partial charge on any atom is 0.0422 e. The van der Waals surface area contributed by atoms with Crippen molar-refractivity contribution in [1.29, 1.82) is 0 Å². The Bertz CT molecular complexity index is 682. The number of rotatable bonds is 2. The second kappa shape index (κ2) is 4.25. The van der Waals surface area contributed by atoms with E-state index in [2.05, 4.69) is 68.6 Å². The second-order valence-electron chi connectivity index (χ2n) is 7.83. The molecule has 3 atom stereocenters. The van der Waals surface area contributed by atoms with E-state index in [1.54, 1.807) is 0 Å². The lowest BCUT2D eigenvalue weighted by Gasteiger charge is -2.40. The Kier molecular flexibility index (Phi) is 2.67. The Balaban J connectivity index is 1.71. The van der Waals surface area contributed by atoms with E-state index in [4.69, 9.17) is 0 Å². The lowest BCUT2D eigenvalue weighted by molar-refractivity contribution is 0.142. The van der Waals surface area contributed by atoms with Gasteiger partial charge in [0.2, 0.25) is 0 Å². The van der Waals surface area contributed by atoms with Crippen molar-refractivity contribution in [3.63, 3.8) is 0 Å². The standard InChI is InChI=1S/C20H25N/c1-19(2)15-11-12-20(19,3)18(13-15)21-17-10-6-8-14-7-4-5-9-16(14)17/h4-10,15,18,21H,11-13H2,1-3H3. The normalized spacial score (nSPS) is 33.5. The molecule has 21 heavy (non-hydrogen) atoms. The molecule has 2 aromatic carbocycles. The molecule has 2 aliphatic carbocycles. The molecule has 3 unspecified atom stereocenters. The number of hydrogen-bond acceptors (Lipinski definition) is 1. The highest BCUT2D eigenvalue weighted by atomic mass is 15.0. The minimum atomic E-state index is 0.425. The molecule has 0 spiro atoms. The van der Waals surface area contributed by atoms with Crippen molar-refractivity contribution in [2.24, 2.45) is 16.7 Å². The van der Waals surface area contributed by atoms with E-state index < -0.39 is 0 Å². The van der Waals surface area contributed by atoms with Gasteiger partial charge < -0.3 is 5.32 Å². The Morgan fingerprint density at radius 1 is 1.00 bits per heavy atom. The molecule has 2 fully saturated rings. The highest BCUT2D eigenvalue weighted by molar-refractivity contribution is 5.93. The molecule has 4 rings (SSSR count). The van der Waals surface area contributed by atoms with Gasteiger partial charge in [-0.3, -0.25) is 0 Å². The first kappa shape index (κ1) is 13.2. The highest BCUT2D eigenvalue weighted by Crippen LogP contribution is 2.65. The number of benzene rings is 2. The summed E-state index contributed by atoms with van der Waals surface area (Å²) in [5.74, 6) is 0.884. The molecule has 0 aliphatic heterocycles. The number of fused-ring (bicyclic) bond motifs is 3. The zero-order valence-electron chi connectivity index (χ0n) is 13.3. The predicted molar refractivity (Wildman–Crippen MR) is 90.6 cm³/mol. The predicted octanol–water partition coefficient (Wildman–Crippen LogP) is 5.47. The van der Waals surface area contributed by atoms with Crippen LogP contribution >= 0.6 is 0 Å². The van der Waals surface area contributed by atoms with Crippen molar-refractivity contribution in [3.8, 4) is 0 Å². The van der Waals surface area contributed by atoms with Gasteiger partial charge in [-0.25, -0.2) is 0 Å². The minimum absolute atomic E-state index is 0.425. The smallest absolute Gasteiger partial charge is 0.0422 e. The van der Waals surface area contributed by atoms with Crippen molar-refractivity contribution in [3.05, 3.63) is 42.5 Å². The van der Waals surface area contributed by atoms with E-state index in [0.717, 1.165) is 5.92 Å². The number of nitrogens with one attached hydrogen (secondary N) is 1. The molecule has 2 bridgehead atoms. The first-order valence-corrected chi connectivity index (χ1v) is 8.27. The molecule has 2 saturated carbocycles. The summed E-state index contributed by atoms with van der Waals surface area (Å²) in [5, 5.41) is 6.59. The summed E-state index contributed by atoms with van der Waals surface area (Å²) in [5.41, 5.74) is 2.20. The van der Waals surface area contributed by atoms with Gasteiger partial charge in [0.05, 0.1) is 0 Å². The van der Waals surface area contributed by atoms with Crippen LogP contribution in [-0.4, -0.2) is 6.04 Å². The topological polar surface area (TPSA) is 12.0 Å². The van der Waals surface area contributed by atoms with Crippen LogP contribution in [0.15, 0.2) is 42.5 Å². The summed E-state index contributed by atoms with van der Waals surface area (Å²) in [6.45, 7) is 7.47. The highest BCUT2D eigenvalue weighted by Gasteiger charge is 2.61. The van der Waals surface area contributed by atoms with E-state index in [-0.39, 0.29) is 0 Å². The van der Waals surface area contributed by atoms with Gasteiger partial charge in [-0.15, -0.1) is 0 Å². The van der Waals surface area contributed by atoms with Crippen LogP contribution in [0.25, 0.3) is 10.8 Å². The van der Waals surface area contributed by atoms with Gasteiger partial charge in [0.1, 0.15) is 0 Å². The minimum Gasteiger partial charge on any atom is -0.381 e. The van der Waals surface area contributed by atoms with Gasteiger partial charge in [-0.1, -0.05) is 57.2 Å². The first-order chi connectivity index (χ1) is 10.0. The van der Waals surface area contributed by atoms with Crippen molar-refractivity contribution >= 4 is 16.5 Å². The Morgan fingerprint density at radius 3 is 2.48 bits per heavy atom. The molecular weight excluding hydrogens is 254 g/mol. The van der Waals surface area contributed by atoms with E-state index in [0.29, 0.717) is 16.9 Å².